The van der Waals surface area contributed by atoms with Crippen LogP contribution in [0.5, 0.6) is 5.75 Å². The molecule has 0 unspecified atom stereocenters. The third-order valence-electron chi connectivity index (χ3n) is 4.71. The number of carbonyl (C=O) groups excluding carboxylic acids is 1. The van der Waals surface area contributed by atoms with Crippen molar-refractivity contribution < 1.29 is 9.53 Å². The molecule has 1 amide bonds. The van der Waals surface area contributed by atoms with E-state index in [1.165, 1.54) is 16.5 Å². The van der Waals surface area contributed by atoms with Crippen molar-refractivity contribution in [1.82, 2.24) is 4.98 Å². The number of anilines is 1. The fourth-order valence-corrected chi connectivity index (χ4v) is 3.31. The Bertz CT molecular complexity index is 1090. The van der Waals surface area contributed by atoms with Crippen LogP contribution < -0.4 is 10.1 Å². The molecule has 0 aliphatic carbocycles. The molecule has 130 valence electrons. The van der Waals surface area contributed by atoms with Crippen LogP contribution in [0.3, 0.4) is 0 Å². The average molecular weight is 344 g/mol. The first kappa shape index (κ1) is 16.2. The van der Waals surface area contributed by atoms with Crippen molar-refractivity contribution in [2.24, 2.45) is 0 Å². The maximum atomic E-state index is 12.5. The van der Waals surface area contributed by atoms with Crippen molar-refractivity contribution in [3.8, 4) is 5.75 Å². The largest absolute Gasteiger partial charge is 0.497 e. The average Bonchev–Trinajstić information content (AvgIpc) is 3.05. The molecule has 2 N–H and O–H groups in total. The molecule has 4 rings (SSSR count). The normalized spacial score (nSPS) is 11.0. The molecule has 1 aromatic heterocycles. The van der Waals surface area contributed by atoms with Crippen LogP contribution in [-0.4, -0.2) is 18.0 Å². The summed E-state index contributed by atoms with van der Waals surface area (Å²) in [5.74, 6) is 0.588. The molecule has 0 aliphatic heterocycles. The van der Waals surface area contributed by atoms with Crippen LogP contribution in [-0.2, 0) is 6.42 Å². The standard InChI is InChI=1S/C22H20N2O2/c1-3-14-5-4-6-19-18-12-9-16(13-20(18)24-21(14)19)23-22(25)15-7-10-17(26-2)11-8-15/h4-13,24H,3H2,1-2H3,(H,23,25). The Kier molecular flexibility index (Phi) is 4.09. The van der Waals surface area contributed by atoms with Gasteiger partial charge < -0.3 is 15.0 Å². The molecule has 3 aromatic carbocycles. The maximum Gasteiger partial charge on any atom is 0.255 e. The molecule has 0 spiro atoms. The Hall–Kier alpha value is -3.27. The van der Waals surface area contributed by atoms with Gasteiger partial charge in [0.1, 0.15) is 5.75 Å². The van der Waals surface area contributed by atoms with E-state index in [4.69, 9.17) is 4.74 Å². The summed E-state index contributed by atoms with van der Waals surface area (Å²) in [6.07, 6.45) is 0.977. The fraction of sp³-hybridized carbons (Fsp3) is 0.136. The Morgan fingerprint density at radius 2 is 1.85 bits per heavy atom. The van der Waals surface area contributed by atoms with Gasteiger partial charge in [0, 0.05) is 33.1 Å². The summed E-state index contributed by atoms with van der Waals surface area (Å²) < 4.78 is 5.13. The van der Waals surface area contributed by atoms with Crippen LogP contribution in [0.25, 0.3) is 21.8 Å². The highest BCUT2D eigenvalue weighted by Crippen LogP contribution is 2.30. The molecule has 0 aliphatic rings. The van der Waals surface area contributed by atoms with E-state index in [-0.39, 0.29) is 5.91 Å². The van der Waals surface area contributed by atoms with E-state index >= 15 is 0 Å². The molecular weight excluding hydrogens is 324 g/mol. The van der Waals surface area contributed by atoms with Crippen molar-refractivity contribution in [3.63, 3.8) is 0 Å². The summed E-state index contributed by atoms with van der Waals surface area (Å²) in [7, 11) is 1.61. The molecule has 0 radical (unpaired) electrons. The lowest BCUT2D eigenvalue weighted by Gasteiger charge is -2.06. The molecule has 26 heavy (non-hydrogen) atoms. The quantitative estimate of drug-likeness (QED) is 0.538. The smallest absolute Gasteiger partial charge is 0.255 e. The number of H-pyrrole nitrogens is 1. The van der Waals surface area contributed by atoms with Gasteiger partial charge in [-0.15, -0.1) is 0 Å². The lowest BCUT2D eigenvalue weighted by molar-refractivity contribution is 0.102. The van der Waals surface area contributed by atoms with Crippen molar-refractivity contribution >= 4 is 33.4 Å². The van der Waals surface area contributed by atoms with Gasteiger partial charge in [-0.3, -0.25) is 4.79 Å². The van der Waals surface area contributed by atoms with Crippen LogP contribution in [0.1, 0.15) is 22.8 Å². The first-order valence-electron chi connectivity index (χ1n) is 8.68. The number of para-hydroxylation sites is 1. The number of benzene rings is 3. The van der Waals surface area contributed by atoms with Gasteiger partial charge in [0.15, 0.2) is 0 Å². The van der Waals surface area contributed by atoms with E-state index < -0.39 is 0 Å². The molecule has 1 heterocycles. The molecule has 0 bridgehead atoms. The molecule has 4 heteroatoms. The van der Waals surface area contributed by atoms with E-state index in [9.17, 15) is 4.79 Å². The number of aryl methyl sites for hydroxylation is 1. The third kappa shape index (κ3) is 2.80. The van der Waals surface area contributed by atoms with Gasteiger partial charge in [0.25, 0.3) is 5.91 Å². The highest BCUT2D eigenvalue weighted by molar-refractivity contribution is 6.10. The van der Waals surface area contributed by atoms with Gasteiger partial charge in [0.2, 0.25) is 0 Å². The SMILES string of the molecule is CCc1cccc2c1[nH]c1cc(NC(=O)c3ccc(OC)cc3)ccc12. The summed E-state index contributed by atoms with van der Waals surface area (Å²) >= 11 is 0. The first-order chi connectivity index (χ1) is 12.7. The van der Waals surface area contributed by atoms with Gasteiger partial charge >= 0.3 is 0 Å². The maximum absolute atomic E-state index is 12.5. The molecule has 0 atom stereocenters. The van der Waals surface area contributed by atoms with Gasteiger partial charge in [-0.05, 0) is 48.4 Å². The number of nitrogens with one attached hydrogen (secondary N) is 2. The van der Waals surface area contributed by atoms with Crippen LogP contribution in [0, 0.1) is 0 Å². The summed E-state index contributed by atoms with van der Waals surface area (Å²) in [6.45, 7) is 2.15. The third-order valence-corrected chi connectivity index (χ3v) is 4.71. The zero-order valence-electron chi connectivity index (χ0n) is 14.8. The first-order valence-corrected chi connectivity index (χ1v) is 8.68. The van der Waals surface area contributed by atoms with Crippen LogP contribution in [0.2, 0.25) is 0 Å². The number of rotatable bonds is 4. The number of methoxy groups -OCH3 is 1. The van der Waals surface area contributed by atoms with Crippen LogP contribution in [0.15, 0.2) is 60.7 Å². The van der Waals surface area contributed by atoms with Crippen molar-refractivity contribution in [2.45, 2.75) is 13.3 Å². The number of hydrogen-bond donors (Lipinski definition) is 2. The van der Waals surface area contributed by atoms with E-state index in [2.05, 4.69) is 41.5 Å². The van der Waals surface area contributed by atoms with E-state index in [1.54, 1.807) is 31.4 Å². The number of fused-ring (bicyclic) bond motifs is 3. The van der Waals surface area contributed by atoms with Gasteiger partial charge in [-0.1, -0.05) is 31.2 Å². The summed E-state index contributed by atoms with van der Waals surface area (Å²) in [5.41, 5.74) is 4.85. The molecular formula is C22H20N2O2. The van der Waals surface area contributed by atoms with Crippen LogP contribution in [0.4, 0.5) is 5.69 Å². The van der Waals surface area contributed by atoms with Crippen LogP contribution >= 0.6 is 0 Å². The number of aromatic nitrogens is 1. The Balaban J connectivity index is 1.66. The zero-order valence-corrected chi connectivity index (χ0v) is 14.8. The monoisotopic (exact) mass is 344 g/mol. The van der Waals surface area contributed by atoms with Gasteiger partial charge in [-0.25, -0.2) is 0 Å². The minimum Gasteiger partial charge on any atom is -0.497 e. The van der Waals surface area contributed by atoms with E-state index in [1.807, 2.05) is 12.1 Å². The molecule has 4 nitrogen and oxygen atoms in total. The number of amides is 1. The Morgan fingerprint density at radius 3 is 2.58 bits per heavy atom. The molecule has 0 saturated carbocycles. The highest BCUT2D eigenvalue weighted by atomic mass is 16.5. The number of hydrogen-bond acceptors (Lipinski definition) is 2. The minimum absolute atomic E-state index is 0.141. The molecule has 0 saturated heterocycles. The minimum atomic E-state index is -0.141. The molecule has 4 aromatic rings. The van der Waals surface area contributed by atoms with Crippen molar-refractivity contribution in [1.29, 1.82) is 0 Å². The predicted octanol–water partition coefficient (Wildman–Crippen LogP) is 5.14. The molecule has 0 fully saturated rings. The summed E-state index contributed by atoms with van der Waals surface area (Å²) in [5, 5.41) is 5.34. The summed E-state index contributed by atoms with van der Waals surface area (Å²) in [6, 6.07) is 19.4. The predicted molar refractivity (Wildman–Crippen MR) is 106 cm³/mol. The van der Waals surface area contributed by atoms with Crippen molar-refractivity contribution in [2.75, 3.05) is 12.4 Å². The van der Waals surface area contributed by atoms with Gasteiger partial charge in [0.05, 0.1) is 7.11 Å². The number of carbonyl (C=O) groups is 1. The lowest BCUT2D eigenvalue weighted by atomic mass is 10.1. The highest BCUT2D eigenvalue weighted by Gasteiger charge is 2.10. The lowest BCUT2D eigenvalue weighted by Crippen LogP contribution is -2.11. The zero-order chi connectivity index (χ0) is 18.1. The van der Waals surface area contributed by atoms with E-state index in [0.717, 1.165) is 28.8 Å². The van der Waals surface area contributed by atoms with Gasteiger partial charge in [-0.2, -0.15) is 0 Å². The second kappa shape index (κ2) is 6.56. The van der Waals surface area contributed by atoms with E-state index in [0.29, 0.717) is 5.56 Å². The second-order valence-corrected chi connectivity index (χ2v) is 6.26. The second-order valence-electron chi connectivity index (χ2n) is 6.26. The number of ether oxygens (including phenoxy) is 1. The Morgan fingerprint density at radius 1 is 1.04 bits per heavy atom. The topological polar surface area (TPSA) is 54.1 Å². The number of aromatic amines is 1. The Labute approximate surface area is 151 Å². The summed E-state index contributed by atoms with van der Waals surface area (Å²) in [4.78, 5) is 16.0. The van der Waals surface area contributed by atoms with Crippen molar-refractivity contribution in [3.05, 3.63) is 71.8 Å². The fourth-order valence-electron chi connectivity index (χ4n) is 3.31.